The van der Waals surface area contributed by atoms with Gasteiger partial charge in [-0.25, -0.2) is 4.79 Å². The molecule has 3 heterocycles. The lowest BCUT2D eigenvalue weighted by molar-refractivity contribution is 0.0485. The van der Waals surface area contributed by atoms with Crippen LogP contribution in [0.1, 0.15) is 41.6 Å². The largest absolute Gasteiger partial charge is 0.445 e. The molecule has 2 aromatic carbocycles. The van der Waals surface area contributed by atoms with E-state index in [1.807, 2.05) is 66.7 Å². The van der Waals surface area contributed by atoms with Gasteiger partial charge in [0.15, 0.2) is 5.78 Å². The number of nitrogens with zero attached hydrogens (tertiary/aromatic N) is 3. The van der Waals surface area contributed by atoms with E-state index in [-0.39, 0.29) is 36.5 Å². The molecule has 0 N–H and O–H groups in total. The monoisotopic (exact) mass is 403 g/mol. The van der Waals surface area contributed by atoms with Gasteiger partial charge >= 0.3 is 6.09 Å². The highest BCUT2D eigenvalue weighted by atomic mass is 16.6. The number of hydrogen-bond acceptors (Lipinski definition) is 4. The average Bonchev–Trinajstić information content (AvgIpc) is 3.28. The number of carbonyl (C=O) groups excluding carboxylic acids is 2. The van der Waals surface area contributed by atoms with Crippen LogP contribution in [-0.2, 0) is 18.4 Å². The van der Waals surface area contributed by atoms with E-state index in [1.165, 1.54) is 0 Å². The Hall–Kier alpha value is -3.15. The molecule has 2 saturated heterocycles. The Bertz CT molecular complexity index is 1080. The van der Waals surface area contributed by atoms with Crippen molar-refractivity contribution in [2.45, 2.75) is 44.4 Å². The van der Waals surface area contributed by atoms with Gasteiger partial charge in [0.05, 0.1) is 11.7 Å². The Labute approximate surface area is 175 Å². The van der Waals surface area contributed by atoms with Gasteiger partial charge in [0.25, 0.3) is 0 Å². The second kappa shape index (κ2) is 7.59. The van der Waals surface area contributed by atoms with Crippen molar-refractivity contribution in [3.05, 3.63) is 65.9 Å². The summed E-state index contributed by atoms with van der Waals surface area (Å²) in [6.07, 6.45) is 4.85. The Balaban J connectivity index is 1.27. The van der Waals surface area contributed by atoms with Crippen molar-refractivity contribution in [3.63, 3.8) is 0 Å². The van der Waals surface area contributed by atoms with E-state index < -0.39 is 0 Å². The highest BCUT2D eigenvalue weighted by molar-refractivity contribution is 6.01. The standard InChI is InChI=1S/C24H25N3O3/c1-26-22-13-17(7-8-18(22)14-25-26)23(28)19-11-20-9-10-21(12-19)27(20)24(29)30-15-16-5-3-2-4-6-16/h2-8,13-14,19-21H,9-12,15H2,1H3. The number of carbonyl (C=O) groups is 2. The zero-order chi connectivity index (χ0) is 20.7. The smallest absolute Gasteiger partial charge is 0.410 e. The van der Waals surface area contributed by atoms with Crippen LogP contribution in [0, 0.1) is 5.92 Å². The molecule has 2 fully saturated rings. The predicted octanol–water partition coefficient (Wildman–Crippen LogP) is 4.34. The van der Waals surface area contributed by atoms with Crippen LogP contribution >= 0.6 is 0 Å². The summed E-state index contributed by atoms with van der Waals surface area (Å²) in [4.78, 5) is 27.8. The van der Waals surface area contributed by atoms with Gasteiger partial charge in [-0.05, 0) is 37.3 Å². The van der Waals surface area contributed by atoms with E-state index in [1.54, 1.807) is 4.68 Å². The number of rotatable bonds is 4. The maximum Gasteiger partial charge on any atom is 0.410 e. The number of Topliss-reactive ketones (excluding diaryl/α,β-unsaturated/α-hetero) is 1. The summed E-state index contributed by atoms with van der Waals surface area (Å²) in [5.74, 6) is 0.124. The molecular formula is C24H25N3O3. The van der Waals surface area contributed by atoms with Crippen LogP contribution < -0.4 is 0 Å². The van der Waals surface area contributed by atoms with E-state index in [9.17, 15) is 9.59 Å². The van der Waals surface area contributed by atoms with E-state index in [4.69, 9.17) is 4.74 Å². The Morgan fingerprint density at radius 1 is 1.07 bits per heavy atom. The number of aryl methyl sites for hydroxylation is 1. The van der Waals surface area contributed by atoms with Crippen LogP contribution in [0.2, 0.25) is 0 Å². The molecule has 6 nitrogen and oxygen atoms in total. The van der Waals surface area contributed by atoms with Crippen LogP contribution in [0.5, 0.6) is 0 Å². The molecule has 3 aromatic rings. The first-order valence-corrected chi connectivity index (χ1v) is 10.5. The summed E-state index contributed by atoms with van der Waals surface area (Å²) in [5, 5.41) is 5.29. The van der Waals surface area contributed by atoms with Crippen molar-refractivity contribution in [1.29, 1.82) is 0 Å². The van der Waals surface area contributed by atoms with Crippen LogP contribution in [0.3, 0.4) is 0 Å². The molecule has 0 saturated carbocycles. The Morgan fingerprint density at radius 3 is 2.53 bits per heavy atom. The Morgan fingerprint density at radius 2 is 1.80 bits per heavy atom. The minimum absolute atomic E-state index is 0.0497. The number of fused-ring (bicyclic) bond motifs is 3. The number of hydrogen-bond donors (Lipinski definition) is 0. The normalized spacial score (nSPS) is 23.0. The number of amides is 1. The van der Waals surface area contributed by atoms with E-state index >= 15 is 0 Å². The molecule has 2 bridgehead atoms. The predicted molar refractivity (Wildman–Crippen MR) is 113 cm³/mol. The summed E-state index contributed by atoms with van der Waals surface area (Å²) >= 11 is 0. The molecule has 1 aromatic heterocycles. The highest BCUT2D eigenvalue weighted by Crippen LogP contribution is 2.40. The molecule has 30 heavy (non-hydrogen) atoms. The lowest BCUT2D eigenvalue weighted by Gasteiger charge is -2.37. The first kappa shape index (κ1) is 18.9. The lowest BCUT2D eigenvalue weighted by Crippen LogP contribution is -2.48. The number of ketones is 1. The topological polar surface area (TPSA) is 64.4 Å². The van der Waals surface area contributed by atoms with Gasteiger partial charge in [0.2, 0.25) is 0 Å². The van der Waals surface area contributed by atoms with E-state index in [2.05, 4.69) is 5.10 Å². The fourth-order valence-electron chi connectivity index (χ4n) is 5.02. The first-order valence-electron chi connectivity index (χ1n) is 10.5. The molecule has 2 unspecified atom stereocenters. The van der Waals surface area contributed by atoms with Gasteiger partial charge < -0.3 is 9.64 Å². The second-order valence-corrected chi connectivity index (χ2v) is 8.41. The third-order valence-corrected chi connectivity index (χ3v) is 6.55. The number of benzene rings is 2. The van der Waals surface area contributed by atoms with Gasteiger partial charge in [-0.2, -0.15) is 5.10 Å². The van der Waals surface area contributed by atoms with Crippen LogP contribution in [0.4, 0.5) is 4.79 Å². The van der Waals surface area contributed by atoms with Gasteiger partial charge in [0.1, 0.15) is 6.61 Å². The molecule has 0 spiro atoms. The first-order chi connectivity index (χ1) is 14.6. The van der Waals surface area contributed by atoms with Crippen LogP contribution in [0.25, 0.3) is 10.9 Å². The van der Waals surface area contributed by atoms with Gasteiger partial charge in [-0.15, -0.1) is 0 Å². The molecule has 2 atom stereocenters. The van der Waals surface area contributed by atoms with Crippen molar-refractivity contribution in [1.82, 2.24) is 14.7 Å². The molecule has 5 rings (SSSR count). The lowest BCUT2D eigenvalue weighted by atomic mass is 9.85. The number of aromatic nitrogens is 2. The van der Waals surface area contributed by atoms with Crippen molar-refractivity contribution in [2.75, 3.05) is 0 Å². The van der Waals surface area contributed by atoms with Crippen molar-refractivity contribution < 1.29 is 14.3 Å². The molecule has 2 aliphatic heterocycles. The number of piperidine rings is 1. The highest BCUT2D eigenvalue weighted by Gasteiger charge is 2.45. The van der Waals surface area contributed by atoms with Crippen molar-refractivity contribution in [3.8, 4) is 0 Å². The molecular weight excluding hydrogens is 378 g/mol. The summed E-state index contributed by atoms with van der Waals surface area (Å²) < 4.78 is 7.37. The fourth-order valence-corrected chi connectivity index (χ4v) is 5.02. The summed E-state index contributed by atoms with van der Waals surface area (Å²) in [5.41, 5.74) is 2.68. The third-order valence-electron chi connectivity index (χ3n) is 6.55. The quantitative estimate of drug-likeness (QED) is 0.608. The van der Waals surface area contributed by atoms with Crippen LogP contribution in [0.15, 0.2) is 54.7 Å². The third kappa shape index (κ3) is 3.36. The van der Waals surface area contributed by atoms with Crippen molar-refractivity contribution >= 4 is 22.8 Å². The molecule has 154 valence electrons. The fraction of sp³-hybridized carbons (Fsp3) is 0.375. The maximum atomic E-state index is 13.2. The second-order valence-electron chi connectivity index (χ2n) is 8.41. The van der Waals surface area contributed by atoms with Gasteiger partial charge in [0, 0.05) is 36.0 Å². The molecule has 0 aliphatic carbocycles. The number of ether oxygens (including phenoxy) is 1. The van der Waals surface area contributed by atoms with Crippen molar-refractivity contribution in [2.24, 2.45) is 13.0 Å². The Kier molecular flexibility index (Phi) is 4.77. The molecule has 6 heteroatoms. The summed E-state index contributed by atoms with van der Waals surface area (Å²) in [6, 6.07) is 15.7. The van der Waals surface area contributed by atoms with E-state index in [0.29, 0.717) is 12.8 Å². The summed E-state index contributed by atoms with van der Waals surface area (Å²) in [7, 11) is 1.89. The minimum atomic E-state index is -0.256. The molecule has 1 amide bonds. The zero-order valence-electron chi connectivity index (χ0n) is 17.0. The maximum absolute atomic E-state index is 13.2. The van der Waals surface area contributed by atoms with Gasteiger partial charge in [-0.3, -0.25) is 9.48 Å². The molecule has 2 aliphatic rings. The SMILES string of the molecule is Cn1ncc2ccc(C(=O)C3CC4CCC(C3)N4C(=O)OCc3ccccc3)cc21. The summed E-state index contributed by atoms with van der Waals surface area (Å²) in [6.45, 7) is 0.280. The zero-order valence-corrected chi connectivity index (χ0v) is 17.0. The van der Waals surface area contributed by atoms with Crippen LogP contribution in [-0.4, -0.2) is 38.6 Å². The molecule has 0 radical (unpaired) electrons. The minimum Gasteiger partial charge on any atom is -0.445 e. The van der Waals surface area contributed by atoms with Gasteiger partial charge in [-0.1, -0.05) is 42.5 Å². The van der Waals surface area contributed by atoms with E-state index in [0.717, 1.165) is 34.9 Å². The average molecular weight is 403 g/mol.